The molecule has 2 aromatic carbocycles. The van der Waals surface area contributed by atoms with Crippen LogP contribution in [0.15, 0.2) is 54.5 Å². The van der Waals surface area contributed by atoms with E-state index in [9.17, 15) is 9.59 Å². The summed E-state index contributed by atoms with van der Waals surface area (Å²) in [6.45, 7) is 4.26. The number of hydrogen-bond acceptors (Lipinski definition) is 5. The van der Waals surface area contributed by atoms with Crippen molar-refractivity contribution in [3.8, 4) is 0 Å². The lowest BCUT2D eigenvalue weighted by molar-refractivity contribution is -0.123. The zero-order valence-corrected chi connectivity index (χ0v) is 21.2. The molecule has 2 fully saturated rings. The lowest BCUT2D eigenvalue weighted by Gasteiger charge is -2.34. The van der Waals surface area contributed by atoms with Gasteiger partial charge in [0.1, 0.15) is 5.82 Å². The van der Waals surface area contributed by atoms with Crippen LogP contribution in [0, 0.1) is 0 Å². The first kappa shape index (κ1) is 25.2. The van der Waals surface area contributed by atoms with Crippen LogP contribution in [-0.2, 0) is 16.0 Å². The second-order valence-electron chi connectivity index (χ2n) is 8.84. The SMILES string of the molecule is O=CN(CCc1ccc(Cl)cc1Cl)c1ccc(N/C(=C/N2CCCCC2)N2CCNC(=O)C2)cc1. The number of benzene rings is 2. The number of nitrogens with zero attached hydrogens (tertiary/aromatic N) is 3. The van der Waals surface area contributed by atoms with Gasteiger partial charge in [0.25, 0.3) is 0 Å². The maximum Gasteiger partial charge on any atom is 0.239 e. The number of piperidine rings is 1. The van der Waals surface area contributed by atoms with E-state index in [1.165, 1.54) is 19.3 Å². The summed E-state index contributed by atoms with van der Waals surface area (Å²) in [5.41, 5.74) is 2.64. The highest BCUT2D eigenvalue weighted by Crippen LogP contribution is 2.24. The van der Waals surface area contributed by atoms with E-state index in [1.54, 1.807) is 17.0 Å². The molecule has 0 bridgehead atoms. The number of carbonyl (C=O) groups is 2. The Morgan fingerprint density at radius 3 is 2.51 bits per heavy atom. The maximum atomic E-state index is 12.0. The molecular weight excluding hydrogens is 485 g/mol. The first-order chi connectivity index (χ1) is 17.0. The molecule has 0 atom stereocenters. The van der Waals surface area contributed by atoms with Crippen molar-refractivity contribution in [1.29, 1.82) is 0 Å². The van der Waals surface area contributed by atoms with Gasteiger partial charge < -0.3 is 25.3 Å². The van der Waals surface area contributed by atoms with Crippen molar-refractivity contribution < 1.29 is 9.59 Å². The van der Waals surface area contributed by atoms with Crippen LogP contribution in [0.1, 0.15) is 24.8 Å². The highest BCUT2D eigenvalue weighted by Gasteiger charge is 2.20. The van der Waals surface area contributed by atoms with Crippen molar-refractivity contribution in [2.24, 2.45) is 0 Å². The molecule has 9 heteroatoms. The summed E-state index contributed by atoms with van der Waals surface area (Å²) in [6.07, 6.45) is 7.22. The maximum absolute atomic E-state index is 12.0. The van der Waals surface area contributed by atoms with Crippen molar-refractivity contribution in [3.05, 3.63) is 70.1 Å². The lowest BCUT2D eigenvalue weighted by atomic mass is 10.1. The number of piperazine rings is 1. The third-order valence-electron chi connectivity index (χ3n) is 6.31. The molecule has 0 saturated carbocycles. The normalized spacial score (nSPS) is 16.6. The Morgan fingerprint density at radius 2 is 1.83 bits per heavy atom. The van der Waals surface area contributed by atoms with Gasteiger partial charge in [0.2, 0.25) is 12.3 Å². The van der Waals surface area contributed by atoms with E-state index in [1.807, 2.05) is 30.3 Å². The molecule has 4 rings (SSSR count). The van der Waals surface area contributed by atoms with Crippen LogP contribution < -0.4 is 15.5 Å². The monoisotopic (exact) mass is 515 g/mol. The van der Waals surface area contributed by atoms with Crippen LogP contribution in [0.25, 0.3) is 0 Å². The third-order valence-corrected chi connectivity index (χ3v) is 6.90. The fourth-order valence-electron chi connectivity index (χ4n) is 4.35. The van der Waals surface area contributed by atoms with Crippen LogP contribution in [0.5, 0.6) is 0 Å². The van der Waals surface area contributed by atoms with E-state index >= 15 is 0 Å². The molecule has 0 spiro atoms. The van der Waals surface area contributed by atoms with Crippen molar-refractivity contribution in [2.45, 2.75) is 25.7 Å². The Labute approximate surface area is 216 Å². The molecule has 0 aromatic heterocycles. The van der Waals surface area contributed by atoms with Gasteiger partial charge in [-0.3, -0.25) is 9.59 Å². The Morgan fingerprint density at radius 1 is 1.06 bits per heavy atom. The van der Waals surface area contributed by atoms with E-state index in [0.717, 1.165) is 48.8 Å². The summed E-state index contributed by atoms with van der Waals surface area (Å²) in [4.78, 5) is 29.8. The van der Waals surface area contributed by atoms with Gasteiger partial charge in [0, 0.05) is 60.3 Å². The van der Waals surface area contributed by atoms with E-state index in [0.29, 0.717) is 36.1 Å². The second-order valence-corrected chi connectivity index (χ2v) is 9.68. The minimum Gasteiger partial charge on any atom is -0.374 e. The number of rotatable bonds is 9. The quantitative estimate of drug-likeness (QED) is 0.486. The highest BCUT2D eigenvalue weighted by molar-refractivity contribution is 6.35. The van der Waals surface area contributed by atoms with Crippen LogP contribution in [0.2, 0.25) is 10.0 Å². The van der Waals surface area contributed by atoms with Crippen LogP contribution in [0.4, 0.5) is 11.4 Å². The topological polar surface area (TPSA) is 67.9 Å². The van der Waals surface area contributed by atoms with E-state index < -0.39 is 0 Å². The number of hydrogen-bond donors (Lipinski definition) is 2. The molecule has 2 saturated heterocycles. The molecule has 2 aromatic rings. The zero-order valence-electron chi connectivity index (χ0n) is 19.7. The van der Waals surface area contributed by atoms with Crippen LogP contribution in [0.3, 0.4) is 0 Å². The minimum absolute atomic E-state index is 0.0281. The first-order valence-electron chi connectivity index (χ1n) is 12.0. The van der Waals surface area contributed by atoms with Crippen LogP contribution >= 0.6 is 23.2 Å². The lowest BCUT2D eigenvalue weighted by Crippen LogP contribution is -2.48. The molecule has 0 radical (unpaired) electrons. The zero-order chi connectivity index (χ0) is 24.6. The molecule has 2 amide bonds. The molecule has 0 unspecified atom stereocenters. The van der Waals surface area contributed by atoms with Crippen LogP contribution in [-0.4, -0.2) is 61.4 Å². The van der Waals surface area contributed by atoms with Gasteiger partial charge in [0.15, 0.2) is 0 Å². The number of nitrogens with one attached hydrogen (secondary N) is 2. The fraction of sp³-hybridized carbons (Fsp3) is 0.385. The Balaban J connectivity index is 1.44. The van der Waals surface area contributed by atoms with E-state index in [-0.39, 0.29) is 5.91 Å². The largest absolute Gasteiger partial charge is 0.374 e. The van der Waals surface area contributed by atoms with Crippen molar-refractivity contribution >= 4 is 46.9 Å². The summed E-state index contributed by atoms with van der Waals surface area (Å²) in [5.74, 6) is 0.944. The molecule has 7 nitrogen and oxygen atoms in total. The van der Waals surface area contributed by atoms with Crippen molar-refractivity contribution in [3.63, 3.8) is 0 Å². The summed E-state index contributed by atoms with van der Waals surface area (Å²) < 4.78 is 0. The average molecular weight is 516 g/mol. The van der Waals surface area contributed by atoms with Gasteiger partial charge in [-0.1, -0.05) is 29.3 Å². The van der Waals surface area contributed by atoms with E-state index in [2.05, 4.69) is 26.6 Å². The van der Waals surface area contributed by atoms with Gasteiger partial charge in [0.05, 0.1) is 6.54 Å². The molecular formula is C26H31Cl2N5O2. The molecule has 0 aliphatic carbocycles. The van der Waals surface area contributed by atoms with Gasteiger partial charge >= 0.3 is 0 Å². The predicted molar refractivity (Wildman–Crippen MR) is 142 cm³/mol. The smallest absolute Gasteiger partial charge is 0.239 e. The van der Waals surface area contributed by atoms with Gasteiger partial charge in [-0.15, -0.1) is 0 Å². The first-order valence-corrected chi connectivity index (χ1v) is 12.8. The van der Waals surface area contributed by atoms with Gasteiger partial charge in [-0.25, -0.2) is 0 Å². The Kier molecular flexibility index (Phi) is 8.77. The molecule has 2 N–H and O–H groups in total. The molecule has 35 heavy (non-hydrogen) atoms. The number of likely N-dealkylation sites (tertiary alicyclic amines) is 1. The summed E-state index contributed by atoms with van der Waals surface area (Å²) in [7, 11) is 0. The molecule has 2 aliphatic rings. The van der Waals surface area contributed by atoms with E-state index in [4.69, 9.17) is 23.2 Å². The number of halogens is 2. The summed E-state index contributed by atoms with van der Waals surface area (Å²) in [6, 6.07) is 13.1. The highest BCUT2D eigenvalue weighted by atomic mass is 35.5. The van der Waals surface area contributed by atoms with Gasteiger partial charge in [-0.05, 0) is 67.6 Å². The Bertz CT molecular complexity index is 1050. The third kappa shape index (κ3) is 7.05. The fourth-order valence-corrected chi connectivity index (χ4v) is 4.85. The summed E-state index contributed by atoms with van der Waals surface area (Å²) >= 11 is 12.3. The molecule has 186 valence electrons. The summed E-state index contributed by atoms with van der Waals surface area (Å²) in [5, 5.41) is 7.58. The molecule has 2 aliphatic heterocycles. The predicted octanol–water partition coefficient (Wildman–Crippen LogP) is 4.33. The van der Waals surface area contributed by atoms with Gasteiger partial charge in [-0.2, -0.15) is 0 Å². The second kappa shape index (κ2) is 12.2. The number of anilines is 2. The Hall–Kier alpha value is -2.90. The minimum atomic E-state index is 0.0281. The number of carbonyl (C=O) groups excluding carboxylic acids is 2. The van der Waals surface area contributed by atoms with Crippen molar-refractivity contribution in [2.75, 3.05) is 49.5 Å². The average Bonchev–Trinajstić information content (AvgIpc) is 2.86. The number of amides is 2. The molecule has 2 heterocycles. The van der Waals surface area contributed by atoms with Crippen molar-refractivity contribution in [1.82, 2.24) is 15.1 Å². The standard InChI is InChI=1S/C26H31Cl2N5O2/c27-21-5-4-20(24(28)16-21)10-14-33(19-34)23-8-6-22(7-9-23)30-25(17-31-12-2-1-3-13-31)32-15-11-29-26(35)18-32/h4-9,16-17,19,30H,1-3,10-15,18H2,(H,29,35)/b25-17-.